The van der Waals surface area contributed by atoms with Crippen molar-refractivity contribution in [2.75, 3.05) is 18.8 Å². The van der Waals surface area contributed by atoms with E-state index >= 15 is 0 Å². The zero-order valence-corrected chi connectivity index (χ0v) is 13.1. The topological polar surface area (TPSA) is 75.3 Å². The van der Waals surface area contributed by atoms with Crippen molar-refractivity contribution in [3.63, 3.8) is 0 Å². The summed E-state index contributed by atoms with van der Waals surface area (Å²) < 4.78 is 23.3. The van der Waals surface area contributed by atoms with Gasteiger partial charge >= 0.3 is 6.03 Å². The van der Waals surface area contributed by atoms with Crippen molar-refractivity contribution < 1.29 is 13.2 Å². The minimum atomic E-state index is -2.99. The van der Waals surface area contributed by atoms with Gasteiger partial charge in [-0.1, -0.05) is 13.0 Å². The molecule has 2 rings (SSSR count). The lowest BCUT2D eigenvalue weighted by atomic mass is 10.1. The van der Waals surface area contributed by atoms with E-state index < -0.39 is 15.1 Å². The van der Waals surface area contributed by atoms with E-state index in [2.05, 4.69) is 10.6 Å². The third-order valence-electron chi connectivity index (χ3n) is 3.55. The van der Waals surface area contributed by atoms with E-state index in [1.807, 2.05) is 24.4 Å². The number of carbonyl (C=O) groups is 1. The van der Waals surface area contributed by atoms with Crippen LogP contribution in [-0.4, -0.2) is 38.5 Å². The maximum atomic E-state index is 11.7. The summed E-state index contributed by atoms with van der Waals surface area (Å²) in [4.78, 5) is 12.9. The summed E-state index contributed by atoms with van der Waals surface area (Å²) >= 11 is 1.67. The summed E-state index contributed by atoms with van der Waals surface area (Å²) in [5.74, 6) is 0.507. The molecule has 1 aromatic heterocycles. The molecule has 1 aliphatic rings. The largest absolute Gasteiger partial charge is 0.338 e. The molecule has 0 radical (unpaired) electrons. The molecule has 1 saturated heterocycles. The Hall–Kier alpha value is -1.08. The van der Waals surface area contributed by atoms with E-state index in [-0.39, 0.29) is 24.2 Å². The molecular formula is C13H20N2O3S2. The third kappa shape index (κ3) is 3.96. The van der Waals surface area contributed by atoms with Crippen molar-refractivity contribution in [1.82, 2.24) is 10.6 Å². The highest BCUT2D eigenvalue weighted by Crippen LogP contribution is 2.20. The fraction of sp³-hybridized carbons (Fsp3) is 0.615. The van der Waals surface area contributed by atoms with Crippen molar-refractivity contribution in [1.29, 1.82) is 0 Å². The summed E-state index contributed by atoms with van der Waals surface area (Å²) in [5.41, 5.74) is 0. The van der Waals surface area contributed by atoms with Crippen LogP contribution in [0.25, 0.3) is 0 Å². The quantitative estimate of drug-likeness (QED) is 0.868. The SMILES string of the molecule is C[C@@H](CNC(=O)NC[C@@H]1CCCS1(=O)=O)c1cccs1. The molecule has 0 spiro atoms. The number of amides is 2. The van der Waals surface area contributed by atoms with Gasteiger partial charge in [0, 0.05) is 23.9 Å². The zero-order valence-electron chi connectivity index (χ0n) is 11.5. The fourth-order valence-corrected chi connectivity index (χ4v) is 4.83. The molecule has 20 heavy (non-hydrogen) atoms. The molecule has 0 aromatic carbocycles. The van der Waals surface area contributed by atoms with Crippen LogP contribution in [0.5, 0.6) is 0 Å². The van der Waals surface area contributed by atoms with E-state index in [1.54, 1.807) is 11.3 Å². The predicted molar refractivity (Wildman–Crippen MR) is 80.9 cm³/mol. The zero-order chi connectivity index (χ0) is 14.6. The highest BCUT2D eigenvalue weighted by molar-refractivity contribution is 7.92. The summed E-state index contributed by atoms with van der Waals surface area (Å²) in [6.07, 6.45) is 1.35. The van der Waals surface area contributed by atoms with Crippen molar-refractivity contribution in [2.24, 2.45) is 0 Å². The van der Waals surface area contributed by atoms with Gasteiger partial charge in [0.2, 0.25) is 0 Å². The van der Waals surface area contributed by atoms with Crippen LogP contribution in [0.3, 0.4) is 0 Å². The monoisotopic (exact) mass is 316 g/mol. The van der Waals surface area contributed by atoms with E-state index in [9.17, 15) is 13.2 Å². The number of urea groups is 1. The molecule has 5 nitrogen and oxygen atoms in total. The molecule has 2 N–H and O–H groups in total. The van der Waals surface area contributed by atoms with Crippen LogP contribution < -0.4 is 10.6 Å². The number of hydrogen-bond donors (Lipinski definition) is 2. The Kier molecular flexibility index (Phi) is 5.04. The van der Waals surface area contributed by atoms with Gasteiger partial charge in [-0.2, -0.15) is 0 Å². The Bertz CT molecular complexity index is 540. The first-order valence-electron chi connectivity index (χ1n) is 6.75. The molecule has 7 heteroatoms. The van der Waals surface area contributed by atoms with E-state index in [4.69, 9.17) is 0 Å². The Labute approximate surface area is 123 Å². The Morgan fingerprint density at radius 2 is 2.30 bits per heavy atom. The van der Waals surface area contributed by atoms with Crippen LogP contribution in [0.1, 0.15) is 30.6 Å². The molecule has 0 bridgehead atoms. The first kappa shape index (κ1) is 15.3. The van der Waals surface area contributed by atoms with Gasteiger partial charge in [0.05, 0.1) is 11.0 Å². The van der Waals surface area contributed by atoms with Crippen molar-refractivity contribution >= 4 is 27.2 Å². The normalized spacial score (nSPS) is 22.4. The second-order valence-electron chi connectivity index (χ2n) is 5.14. The van der Waals surface area contributed by atoms with Gasteiger partial charge in [-0.15, -0.1) is 11.3 Å². The highest BCUT2D eigenvalue weighted by Gasteiger charge is 2.31. The van der Waals surface area contributed by atoms with Crippen LogP contribution in [0.2, 0.25) is 0 Å². The van der Waals surface area contributed by atoms with E-state index in [1.165, 1.54) is 4.88 Å². The summed E-state index contributed by atoms with van der Waals surface area (Å²) in [7, 11) is -2.99. The fourth-order valence-electron chi connectivity index (χ4n) is 2.27. The van der Waals surface area contributed by atoms with Gasteiger partial charge in [-0.25, -0.2) is 13.2 Å². The number of thiophene rings is 1. The van der Waals surface area contributed by atoms with Gasteiger partial charge in [-0.05, 0) is 24.3 Å². The van der Waals surface area contributed by atoms with Gasteiger partial charge in [0.15, 0.2) is 9.84 Å². The Balaban J connectivity index is 1.71. The second kappa shape index (κ2) is 6.58. The number of rotatable bonds is 5. The van der Waals surface area contributed by atoms with Gasteiger partial charge < -0.3 is 10.6 Å². The minimum absolute atomic E-state index is 0.210. The number of hydrogen-bond acceptors (Lipinski definition) is 4. The van der Waals surface area contributed by atoms with E-state index in [0.717, 1.165) is 0 Å². The van der Waals surface area contributed by atoms with Crippen molar-refractivity contribution in [2.45, 2.75) is 30.9 Å². The summed E-state index contributed by atoms with van der Waals surface area (Å²) in [5, 5.41) is 7.04. The van der Waals surface area contributed by atoms with Crippen LogP contribution in [-0.2, 0) is 9.84 Å². The Morgan fingerprint density at radius 3 is 2.90 bits per heavy atom. The van der Waals surface area contributed by atoms with Crippen LogP contribution in [0.4, 0.5) is 4.79 Å². The maximum Gasteiger partial charge on any atom is 0.314 e. The lowest BCUT2D eigenvalue weighted by Gasteiger charge is -2.14. The Morgan fingerprint density at radius 1 is 1.50 bits per heavy atom. The number of sulfone groups is 1. The minimum Gasteiger partial charge on any atom is -0.338 e. The van der Waals surface area contributed by atoms with Crippen LogP contribution in [0, 0.1) is 0 Å². The molecule has 1 fully saturated rings. The molecule has 0 saturated carbocycles. The molecule has 2 heterocycles. The van der Waals surface area contributed by atoms with Gasteiger partial charge in [0.25, 0.3) is 0 Å². The second-order valence-corrected chi connectivity index (χ2v) is 8.52. The average Bonchev–Trinajstić information content (AvgIpc) is 3.03. The molecule has 2 atom stereocenters. The van der Waals surface area contributed by atoms with E-state index in [0.29, 0.717) is 19.4 Å². The lowest BCUT2D eigenvalue weighted by molar-refractivity contribution is 0.240. The molecule has 112 valence electrons. The number of carbonyl (C=O) groups excluding carboxylic acids is 1. The molecule has 0 aliphatic carbocycles. The van der Waals surface area contributed by atoms with Crippen molar-refractivity contribution in [3.05, 3.63) is 22.4 Å². The highest BCUT2D eigenvalue weighted by atomic mass is 32.2. The van der Waals surface area contributed by atoms with Gasteiger partial charge in [0.1, 0.15) is 0 Å². The summed E-state index contributed by atoms with van der Waals surface area (Å²) in [6, 6.07) is 3.73. The molecule has 1 aliphatic heterocycles. The molecular weight excluding hydrogens is 296 g/mol. The summed E-state index contributed by atoms with van der Waals surface area (Å²) in [6.45, 7) is 2.80. The predicted octanol–water partition coefficient (Wildman–Crippen LogP) is 1.73. The lowest BCUT2D eigenvalue weighted by Crippen LogP contribution is -2.42. The molecule has 2 amide bonds. The van der Waals surface area contributed by atoms with Gasteiger partial charge in [-0.3, -0.25) is 0 Å². The third-order valence-corrected chi connectivity index (χ3v) is 6.93. The molecule has 0 unspecified atom stereocenters. The van der Waals surface area contributed by atoms with Crippen molar-refractivity contribution in [3.8, 4) is 0 Å². The van der Waals surface area contributed by atoms with Crippen LogP contribution in [0.15, 0.2) is 17.5 Å². The first-order valence-corrected chi connectivity index (χ1v) is 9.35. The smallest absolute Gasteiger partial charge is 0.314 e. The number of nitrogens with one attached hydrogen (secondary N) is 2. The van der Waals surface area contributed by atoms with Crippen LogP contribution >= 0.6 is 11.3 Å². The average molecular weight is 316 g/mol. The standard InChI is InChI=1S/C13H20N2O3S2/c1-10(12-5-2-6-19-12)8-14-13(16)15-9-11-4-3-7-20(11,17)18/h2,5-6,10-11H,3-4,7-9H2,1H3,(H2,14,15,16)/t10-,11-/m0/s1. The maximum absolute atomic E-state index is 11.7. The first-order chi connectivity index (χ1) is 9.49. The molecule has 1 aromatic rings.